The van der Waals surface area contributed by atoms with Crippen molar-refractivity contribution < 1.29 is 19.8 Å². The molecule has 0 aromatic carbocycles. The van der Waals surface area contributed by atoms with Gasteiger partial charge >= 0.3 is 12.1 Å². The molecule has 72 valence electrons. The standard InChI is InChI=1S/C8H11NO4/c10-7(11)6-4-1-2-9(8(12)13)3-5(4)6/h4-6H,1-3H2,(H,10,11)(H,12,13). The molecular weight excluding hydrogens is 174 g/mol. The molecule has 1 amide bonds. The van der Waals surface area contributed by atoms with E-state index in [9.17, 15) is 9.59 Å². The summed E-state index contributed by atoms with van der Waals surface area (Å²) in [5, 5.41) is 17.4. The average molecular weight is 185 g/mol. The number of rotatable bonds is 1. The third kappa shape index (κ3) is 1.24. The van der Waals surface area contributed by atoms with E-state index < -0.39 is 12.1 Å². The normalized spacial score (nSPS) is 36.6. The minimum Gasteiger partial charge on any atom is -0.481 e. The number of piperidine rings is 1. The highest BCUT2D eigenvalue weighted by Gasteiger charge is 2.57. The molecule has 1 aliphatic carbocycles. The van der Waals surface area contributed by atoms with Gasteiger partial charge in [-0.2, -0.15) is 0 Å². The van der Waals surface area contributed by atoms with E-state index >= 15 is 0 Å². The number of hydrogen-bond donors (Lipinski definition) is 2. The molecule has 0 spiro atoms. The summed E-state index contributed by atoms with van der Waals surface area (Å²) in [6.07, 6.45) is -0.233. The molecule has 0 aromatic heterocycles. The summed E-state index contributed by atoms with van der Waals surface area (Å²) in [4.78, 5) is 22.5. The first-order valence-corrected chi connectivity index (χ1v) is 4.32. The van der Waals surface area contributed by atoms with Crippen molar-refractivity contribution in [1.82, 2.24) is 4.90 Å². The topological polar surface area (TPSA) is 77.8 Å². The number of aliphatic carboxylic acids is 1. The van der Waals surface area contributed by atoms with Gasteiger partial charge in [-0.1, -0.05) is 0 Å². The number of fused-ring (bicyclic) bond motifs is 1. The van der Waals surface area contributed by atoms with E-state index in [1.54, 1.807) is 0 Å². The second-order valence-electron chi connectivity index (χ2n) is 3.71. The fraction of sp³-hybridized carbons (Fsp3) is 0.750. The Labute approximate surface area is 75.0 Å². The van der Waals surface area contributed by atoms with Gasteiger partial charge in [0.2, 0.25) is 0 Å². The van der Waals surface area contributed by atoms with Crippen molar-refractivity contribution in [2.45, 2.75) is 6.42 Å². The van der Waals surface area contributed by atoms with Crippen LogP contribution in [0.5, 0.6) is 0 Å². The van der Waals surface area contributed by atoms with Crippen LogP contribution in [0.1, 0.15) is 6.42 Å². The SMILES string of the molecule is O=C(O)C1C2CCN(C(=O)O)CC21. The second kappa shape index (κ2) is 2.61. The fourth-order valence-electron chi connectivity index (χ4n) is 2.28. The van der Waals surface area contributed by atoms with Crippen LogP contribution in [0.2, 0.25) is 0 Å². The van der Waals surface area contributed by atoms with Gasteiger partial charge in [0.05, 0.1) is 5.92 Å². The van der Waals surface area contributed by atoms with Gasteiger partial charge in [0.25, 0.3) is 0 Å². The van der Waals surface area contributed by atoms with Gasteiger partial charge in [-0.05, 0) is 18.3 Å². The maximum atomic E-state index is 10.6. The molecule has 3 atom stereocenters. The Hall–Kier alpha value is -1.26. The maximum Gasteiger partial charge on any atom is 0.407 e. The molecule has 2 rings (SSSR count). The Kier molecular flexibility index (Phi) is 1.68. The van der Waals surface area contributed by atoms with Crippen LogP contribution in [-0.2, 0) is 4.79 Å². The Morgan fingerprint density at radius 2 is 1.92 bits per heavy atom. The van der Waals surface area contributed by atoms with Gasteiger partial charge < -0.3 is 15.1 Å². The minimum atomic E-state index is -0.936. The lowest BCUT2D eigenvalue weighted by atomic mass is 10.1. The summed E-state index contributed by atoms with van der Waals surface area (Å²) in [5.41, 5.74) is 0. The van der Waals surface area contributed by atoms with Crippen molar-refractivity contribution in [2.24, 2.45) is 17.8 Å². The Morgan fingerprint density at radius 1 is 1.23 bits per heavy atom. The minimum absolute atomic E-state index is 0.0716. The molecule has 1 saturated heterocycles. The number of nitrogens with zero attached hydrogens (tertiary/aromatic N) is 1. The molecule has 13 heavy (non-hydrogen) atoms. The maximum absolute atomic E-state index is 10.6. The summed E-state index contributed by atoms with van der Waals surface area (Å²) in [6.45, 7) is 0.886. The van der Waals surface area contributed by atoms with E-state index in [0.717, 1.165) is 0 Å². The van der Waals surface area contributed by atoms with Crippen LogP contribution in [0.3, 0.4) is 0 Å². The van der Waals surface area contributed by atoms with Gasteiger partial charge in [-0.3, -0.25) is 4.79 Å². The lowest BCUT2D eigenvalue weighted by molar-refractivity contribution is -0.139. The number of carboxylic acids is 1. The lowest BCUT2D eigenvalue weighted by Gasteiger charge is -2.22. The van der Waals surface area contributed by atoms with E-state index in [0.29, 0.717) is 19.5 Å². The highest BCUT2D eigenvalue weighted by atomic mass is 16.4. The van der Waals surface area contributed by atoms with Gasteiger partial charge in [-0.15, -0.1) is 0 Å². The number of carboxylic acid groups (broad SMARTS) is 2. The largest absolute Gasteiger partial charge is 0.481 e. The van der Waals surface area contributed by atoms with Crippen molar-refractivity contribution in [3.8, 4) is 0 Å². The molecule has 1 aliphatic heterocycles. The van der Waals surface area contributed by atoms with Crippen molar-refractivity contribution in [2.75, 3.05) is 13.1 Å². The van der Waals surface area contributed by atoms with Crippen LogP contribution < -0.4 is 0 Å². The first-order chi connectivity index (χ1) is 6.11. The van der Waals surface area contributed by atoms with Crippen molar-refractivity contribution in [3.63, 3.8) is 0 Å². The molecule has 5 heteroatoms. The molecule has 1 saturated carbocycles. The predicted octanol–water partition coefficient (Wildman–Crippen LogP) is 0.317. The van der Waals surface area contributed by atoms with Crippen LogP contribution in [0, 0.1) is 17.8 Å². The second-order valence-corrected chi connectivity index (χ2v) is 3.71. The summed E-state index contributed by atoms with van der Waals surface area (Å²) in [5.74, 6) is -0.762. The van der Waals surface area contributed by atoms with Crippen LogP contribution in [0.25, 0.3) is 0 Å². The summed E-state index contributed by atoms with van der Waals surface area (Å²) in [6, 6.07) is 0. The van der Waals surface area contributed by atoms with E-state index in [1.165, 1.54) is 4.90 Å². The summed E-state index contributed by atoms with van der Waals surface area (Å²) >= 11 is 0. The molecule has 3 unspecified atom stereocenters. The van der Waals surface area contributed by atoms with Crippen LogP contribution in [0.15, 0.2) is 0 Å². The number of hydrogen-bond acceptors (Lipinski definition) is 2. The molecule has 1 heterocycles. The molecule has 0 radical (unpaired) electrons. The first-order valence-electron chi connectivity index (χ1n) is 4.32. The van der Waals surface area contributed by atoms with Crippen molar-refractivity contribution >= 4 is 12.1 Å². The van der Waals surface area contributed by atoms with Gasteiger partial charge in [0, 0.05) is 13.1 Å². The number of likely N-dealkylation sites (tertiary alicyclic amines) is 1. The zero-order chi connectivity index (χ0) is 9.59. The van der Waals surface area contributed by atoms with Crippen LogP contribution in [0.4, 0.5) is 4.79 Å². The van der Waals surface area contributed by atoms with Crippen molar-refractivity contribution in [3.05, 3.63) is 0 Å². The zero-order valence-corrected chi connectivity index (χ0v) is 7.01. The number of carbonyl (C=O) groups is 2. The summed E-state index contributed by atoms with van der Waals surface area (Å²) < 4.78 is 0. The van der Waals surface area contributed by atoms with Crippen molar-refractivity contribution in [1.29, 1.82) is 0 Å². The fourth-order valence-corrected chi connectivity index (χ4v) is 2.28. The molecule has 0 bridgehead atoms. The van der Waals surface area contributed by atoms with E-state index in [4.69, 9.17) is 10.2 Å². The van der Waals surface area contributed by atoms with E-state index in [-0.39, 0.29) is 17.8 Å². The lowest BCUT2D eigenvalue weighted by Crippen LogP contribution is -2.35. The quantitative estimate of drug-likeness (QED) is 0.616. The van der Waals surface area contributed by atoms with Crippen LogP contribution >= 0.6 is 0 Å². The first kappa shape index (κ1) is 8.34. The van der Waals surface area contributed by atoms with Gasteiger partial charge in [0.15, 0.2) is 0 Å². The smallest absolute Gasteiger partial charge is 0.407 e. The van der Waals surface area contributed by atoms with Gasteiger partial charge in [0.1, 0.15) is 0 Å². The van der Waals surface area contributed by atoms with Crippen LogP contribution in [-0.4, -0.2) is 40.3 Å². The molecule has 2 N–H and O–H groups in total. The molecule has 2 aliphatic rings. The molecule has 2 fully saturated rings. The average Bonchev–Trinajstić information content (AvgIpc) is 2.75. The molecule has 0 aromatic rings. The number of amides is 1. The molecular formula is C8H11NO4. The zero-order valence-electron chi connectivity index (χ0n) is 7.01. The van der Waals surface area contributed by atoms with E-state index in [1.807, 2.05) is 0 Å². The third-order valence-electron chi connectivity index (χ3n) is 3.05. The van der Waals surface area contributed by atoms with E-state index in [2.05, 4.69) is 0 Å². The van der Waals surface area contributed by atoms with Gasteiger partial charge in [-0.25, -0.2) is 4.79 Å². The third-order valence-corrected chi connectivity index (χ3v) is 3.05. The highest BCUT2D eigenvalue weighted by molar-refractivity contribution is 5.75. The monoisotopic (exact) mass is 185 g/mol. The Bertz CT molecular complexity index is 253. The Balaban J connectivity index is 1.97. The highest BCUT2D eigenvalue weighted by Crippen LogP contribution is 2.51. The molecule has 5 nitrogen and oxygen atoms in total. The predicted molar refractivity (Wildman–Crippen MR) is 42.3 cm³/mol. The summed E-state index contributed by atoms with van der Waals surface area (Å²) in [7, 11) is 0. The Morgan fingerprint density at radius 3 is 2.46 bits per heavy atom.